The Kier molecular flexibility index (Phi) is 6.05. The summed E-state index contributed by atoms with van der Waals surface area (Å²) in [6.45, 7) is 5.49. The number of halogens is 2. The molecule has 6 heteroatoms. The normalized spacial score (nSPS) is 18.1. The molecule has 1 aromatic rings. The molecule has 0 saturated carbocycles. The molecule has 1 heterocycles. The Morgan fingerprint density at radius 2 is 2.00 bits per heavy atom. The minimum atomic E-state index is -0.928. The maximum atomic E-state index is 13.1. The van der Waals surface area contributed by atoms with Crippen molar-refractivity contribution in [3.63, 3.8) is 0 Å². The summed E-state index contributed by atoms with van der Waals surface area (Å²) in [6.07, 6.45) is -0.824. The van der Waals surface area contributed by atoms with Crippen LogP contribution >= 0.6 is 0 Å². The van der Waals surface area contributed by atoms with Crippen LogP contribution in [0.15, 0.2) is 18.2 Å². The standard InChI is InChI=1S/C15H22F2N2O2/c1-18(4-5-19-6-8-21-9-7-19)11-15(20)12-2-3-13(16)14(17)10-12/h2-3,10,15,20H,4-9,11H2,1H3. The van der Waals surface area contributed by atoms with Gasteiger partial charge in [-0.1, -0.05) is 6.07 Å². The van der Waals surface area contributed by atoms with Gasteiger partial charge in [-0.2, -0.15) is 0 Å². The van der Waals surface area contributed by atoms with Gasteiger partial charge in [-0.05, 0) is 24.7 Å². The van der Waals surface area contributed by atoms with Crippen LogP contribution in [0.5, 0.6) is 0 Å². The Morgan fingerprint density at radius 1 is 1.29 bits per heavy atom. The Labute approximate surface area is 123 Å². The first-order valence-corrected chi connectivity index (χ1v) is 7.18. The number of aliphatic hydroxyl groups is 1. The summed E-state index contributed by atoms with van der Waals surface area (Å²) >= 11 is 0. The molecule has 21 heavy (non-hydrogen) atoms. The first kappa shape index (κ1) is 16.3. The van der Waals surface area contributed by atoms with Crippen LogP contribution in [-0.2, 0) is 4.74 Å². The lowest BCUT2D eigenvalue weighted by atomic mass is 10.1. The summed E-state index contributed by atoms with van der Waals surface area (Å²) in [7, 11) is 1.91. The number of benzene rings is 1. The largest absolute Gasteiger partial charge is 0.387 e. The van der Waals surface area contributed by atoms with Crippen LogP contribution in [0.2, 0.25) is 0 Å². The van der Waals surface area contributed by atoms with Crippen molar-refractivity contribution in [1.82, 2.24) is 9.80 Å². The second kappa shape index (κ2) is 7.79. The Balaban J connectivity index is 1.78. The Morgan fingerprint density at radius 3 is 2.67 bits per heavy atom. The Bertz CT molecular complexity index is 453. The van der Waals surface area contributed by atoms with Gasteiger partial charge in [-0.25, -0.2) is 8.78 Å². The Hall–Kier alpha value is -1.08. The van der Waals surface area contributed by atoms with Crippen molar-refractivity contribution in [2.24, 2.45) is 0 Å². The molecule has 2 rings (SSSR count). The third kappa shape index (κ3) is 5.00. The highest BCUT2D eigenvalue weighted by Gasteiger charge is 2.15. The maximum Gasteiger partial charge on any atom is 0.159 e. The minimum Gasteiger partial charge on any atom is -0.387 e. The summed E-state index contributed by atoms with van der Waals surface area (Å²) in [6, 6.07) is 3.51. The van der Waals surface area contributed by atoms with Gasteiger partial charge < -0.3 is 14.7 Å². The molecule has 1 unspecified atom stereocenters. The first-order chi connectivity index (χ1) is 10.1. The molecule has 1 N–H and O–H groups in total. The summed E-state index contributed by atoms with van der Waals surface area (Å²) in [5.74, 6) is -1.82. The number of rotatable bonds is 6. The summed E-state index contributed by atoms with van der Waals surface area (Å²) in [5.41, 5.74) is 0.395. The lowest BCUT2D eigenvalue weighted by Crippen LogP contribution is -2.41. The molecule has 0 aliphatic carbocycles. The number of ether oxygens (including phenoxy) is 1. The van der Waals surface area contributed by atoms with E-state index in [0.29, 0.717) is 12.1 Å². The lowest BCUT2D eigenvalue weighted by Gasteiger charge is -2.29. The number of nitrogens with zero attached hydrogens (tertiary/aromatic N) is 2. The van der Waals surface area contributed by atoms with Crippen molar-refractivity contribution < 1.29 is 18.6 Å². The second-order valence-electron chi connectivity index (χ2n) is 5.41. The van der Waals surface area contributed by atoms with E-state index in [1.54, 1.807) is 0 Å². The molecule has 0 spiro atoms. The molecular weight excluding hydrogens is 278 g/mol. The minimum absolute atomic E-state index is 0.384. The molecule has 0 aromatic heterocycles. The molecule has 0 amide bonds. The monoisotopic (exact) mass is 300 g/mol. The van der Waals surface area contributed by atoms with Crippen LogP contribution in [0.3, 0.4) is 0 Å². The van der Waals surface area contributed by atoms with E-state index in [1.165, 1.54) is 6.07 Å². The molecule has 4 nitrogen and oxygen atoms in total. The quantitative estimate of drug-likeness (QED) is 0.858. The molecule has 0 radical (unpaired) electrons. The summed E-state index contributed by atoms with van der Waals surface area (Å²) in [4.78, 5) is 4.30. The SMILES string of the molecule is CN(CCN1CCOCC1)CC(O)c1ccc(F)c(F)c1. The van der Waals surface area contributed by atoms with Crippen molar-refractivity contribution in [2.75, 3.05) is 53.0 Å². The smallest absolute Gasteiger partial charge is 0.159 e. The predicted molar refractivity (Wildman–Crippen MR) is 76.1 cm³/mol. The zero-order valence-corrected chi connectivity index (χ0v) is 12.3. The van der Waals surface area contributed by atoms with E-state index in [4.69, 9.17) is 4.74 Å². The van der Waals surface area contributed by atoms with Crippen molar-refractivity contribution in [3.05, 3.63) is 35.4 Å². The van der Waals surface area contributed by atoms with Crippen LogP contribution in [0, 0.1) is 11.6 Å². The number of hydrogen-bond acceptors (Lipinski definition) is 4. The molecule has 118 valence electrons. The van der Waals surface area contributed by atoms with Gasteiger partial charge in [0.1, 0.15) is 0 Å². The van der Waals surface area contributed by atoms with Crippen molar-refractivity contribution in [3.8, 4) is 0 Å². The molecule has 1 aromatic carbocycles. The molecular formula is C15H22F2N2O2. The van der Waals surface area contributed by atoms with E-state index in [-0.39, 0.29) is 0 Å². The first-order valence-electron chi connectivity index (χ1n) is 7.18. The highest BCUT2D eigenvalue weighted by molar-refractivity contribution is 5.20. The topological polar surface area (TPSA) is 35.9 Å². The van der Waals surface area contributed by atoms with E-state index in [0.717, 1.165) is 51.5 Å². The van der Waals surface area contributed by atoms with Gasteiger partial charge in [0.25, 0.3) is 0 Å². The van der Waals surface area contributed by atoms with E-state index in [9.17, 15) is 13.9 Å². The van der Waals surface area contributed by atoms with E-state index >= 15 is 0 Å². The van der Waals surface area contributed by atoms with Gasteiger partial charge in [-0.3, -0.25) is 4.90 Å². The predicted octanol–water partition coefficient (Wildman–Crippen LogP) is 1.26. The lowest BCUT2D eigenvalue weighted by molar-refractivity contribution is 0.0319. The van der Waals surface area contributed by atoms with Gasteiger partial charge in [-0.15, -0.1) is 0 Å². The van der Waals surface area contributed by atoms with Crippen LogP contribution < -0.4 is 0 Å². The average Bonchev–Trinajstić information content (AvgIpc) is 2.49. The van der Waals surface area contributed by atoms with Gasteiger partial charge in [0.05, 0.1) is 19.3 Å². The van der Waals surface area contributed by atoms with Gasteiger partial charge in [0, 0.05) is 32.7 Å². The van der Waals surface area contributed by atoms with Crippen LogP contribution in [0.4, 0.5) is 8.78 Å². The fourth-order valence-corrected chi connectivity index (χ4v) is 2.35. The fraction of sp³-hybridized carbons (Fsp3) is 0.600. The highest BCUT2D eigenvalue weighted by Crippen LogP contribution is 2.17. The van der Waals surface area contributed by atoms with Gasteiger partial charge >= 0.3 is 0 Å². The van der Waals surface area contributed by atoms with Crippen LogP contribution in [-0.4, -0.2) is 67.9 Å². The number of hydrogen-bond donors (Lipinski definition) is 1. The number of aliphatic hydroxyl groups excluding tert-OH is 1. The van der Waals surface area contributed by atoms with E-state index in [2.05, 4.69) is 4.90 Å². The second-order valence-corrected chi connectivity index (χ2v) is 5.41. The number of likely N-dealkylation sites (N-methyl/N-ethyl adjacent to an activating group) is 1. The fourth-order valence-electron chi connectivity index (χ4n) is 2.35. The molecule has 1 fully saturated rings. The average molecular weight is 300 g/mol. The maximum absolute atomic E-state index is 13.1. The van der Waals surface area contributed by atoms with Crippen molar-refractivity contribution in [1.29, 1.82) is 0 Å². The molecule has 1 aliphatic heterocycles. The van der Waals surface area contributed by atoms with Crippen molar-refractivity contribution in [2.45, 2.75) is 6.10 Å². The van der Waals surface area contributed by atoms with Crippen molar-refractivity contribution >= 4 is 0 Å². The third-order valence-corrected chi connectivity index (χ3v) is 3.71. The van der Waals surface area contributed by atoms with Crippen LogP contribution in [0.1, 0.15) is 11.7 Å². The number of morpholine rings is 1. The third-order valence-electron chi connectivity index (χ3n) is 3.71. The molecule has 1 atom stereocenters. The summed E-state index contributed by atoms with van der Waals surface area (Å²) in [5, 5.41) is 10.1. The van der Waals surface area contributed by atoms with E-state index < -0.39 is 17.7 Å². The zero-order valence-electron chi connectivity index (χ0n) is 12.3. The van der Waals surface area contributed by atoms with Gasteiger partial charge in [0.15, 0.2) is 11.6 Å². The summed E-state index contributed by atoms with van der Waals surface area (Å²) < 4.78 is 31.3. The molecule has 1 aliphatic rings. The van der Waals surface area contributed by atoms with Gasteiger partial charge in [0.2, 0.25) is 0 Å². The highest BCUT2D eigenvalue weighted by atomic mass is 19.2. The zero-order chi connectivity index (χ0) is 15.2. The molecule has 1 saturated heterocycles. The van der Waals surface area contributed by atoms with E-state index in [1.807, 2.05) is 11.9 Å². The van der Waals surface area contributed by atoms with Crippen LogP contribution in [0.25, 0.3) is 0 Å². The molecule has 0 bridgehead atoms.